The Hall–Kier alpha value is -4.02. The number of hydrogen-bond acceptors (Lipinski definition) is 7. The van der Waals surface area contributed by atoms with Crippen LogP contribution in [0.1, 0.15) is 37.0 Å². The minimum Gasteiger partial charge on any atom is -0.326 e. The molecule has 0 aliphatic carbocycles. The highest BCUT2D eigenvalue weighted by atomic mass is 32.2. The van der Waals surface area contributed by atoms with Crippen molar-refractivity contribution in [2.75, 3.05) is 10.6 Å². The van der Waals surface area contributed by atoms with Crippen LogP contribution in [0.3, 0.4) is 0 Å². The van der Waals surface area contributed by atoms with Crippen molar-refractivity contribution in [2.45, 2.75) is 36.3 Å². The van der Waals surface area contributed by atoms with Gasteiger partial charge in [-0.05, 0) is 30.2 Å². The van der Waals surface area contributed by atoms with Crippen LogP contribution >= 0.6 is 23.1 Å². The van der Waals surface area contributed by atoms with Crippen molar-refractivity contribution >= 4 is 51.4 Å². The van der Waals surface area contributed by atoms with E-state index < -0.39 is 10.2 Å². The van der Waals surface area contributed by atoms with E-state index in [1.54, 1.807) is 17.5 Å². The van der Waals surface area contributed by atoms with Gasteiger partial charge in [0.05, 0.1) is 10.6 Å². The van der Waals surface area contributed by atoms with E-state index in [9.17, 15) is 19.7 Å². The molecule has 2 amide bonds. The molecule has 194 valence electrons. The van der Waals surface area contributed by atoms with E-state index in [4.69, 9.17) is 0 Å². The van der Waals surface area contributed by atoms with Gasteiger partial charge in [-0.2, -0.15) is 0 Å². The highest BCUT2D eigenvalue weighted by Crippen LogP contribution is 2.38. The number of hydrogen-bond donors (Lipinski definition) is 2. The lowest BCUT2D eigenvalue weighted by atomic mass is 10.1. The number of rotatable bonds is 11. The third-order valence-electron chi connectivity index (χ3n) is 5.56. The van der Waals surface area contributed by atoms with E-state index in [0.717, 1.165) is 23.3 Å². The molecule has 0 bridgehead atoms. The van der Waals surface area contributed by atoms with Crippen molar-refractivity contribution in [2.24, 2.45) is 0 Å². The molecule has 4 rings (SSSR count). The number of carbonyl (C=O) groups excluding carboxylic acids is 2. The van der Waals surface area contributed by atoms with Gasteiger partial charge in [-0.15, -0.1) is 23.1 Å². The largest absolute Gasteiger partial charge is 0.326 e. The lowest BCUT2D eigenvalue weighted by molar-refractivity contribution is -0.384. The zero-order chi connectivity index (χ0) is 26.9. The molecule has 0 aliphatic rings. The second-order valence-corrected chi connectivity index (χ2v) is 10.5. The first-order valence-electron chi connectivity index (χ1n) is 12.1. The normalized spacial score (nSPS) is 11.5. The smallest absolute Gasteiger partial charge is 0.270 e. The highest BCUT2D eigenvalue weighted by molar-refractivity contribution is 8.00. The molecule has 1 unspecified atom stereocenters. The van der Waals surface area contributed by atoms with Crippen molar-refractivity contribution in [3.8, 4) is 11.3 Å². The van der Waals surface area contributed by atoms with Gasteiger partial charge in [-0.3, -0.25) is 19.7 Å². The first-order valence-corrected chi connectivity index (χ1v) is 13.8. The molecule has 8 nitrogen and oxygen atoms in total. The summed E-state index contributed by atoms with van der Waals surface area (Å²) in [5.74, 6) is -0.284. The third kappa shape index (κ3) is 7.27. The summed E-state index contributed by atoms with van der Waals surface area (Å²) in [7, 11) is 0. The van der Waals surface area contributed by atoms with Crippen LogP contribution in [0, 0.1) is 10.1 Å². The van der Waals surface area contributed by atoms with Crippen LogP contribution in [-0.4, -0.2) is 21.7 Å². The molecule has 0 aliphatic heterocycles. The minimum atomic E-state index is -0.576. The molecule has 0 spiro atoms. The van der Waals surface area contributed by atoms with Crippen molar-refractivity contribution < 1.29 is 14.5 Å². The quantitative estimate of drug-likeness (QED) is 0.116. The van der Waals surface area contributed by atoms with Gasteiger partial charge in [-0.1, -0.05) is 61.9 Å². The number of benzene rings is 3. The van der Waals surface area contributed by atoms with Gasteiger partial charge in [0.25, 0.3) is 5.69 Å². The summed E-state index contributed by atoms with van der Waals surface area (Å²) in [4.78, 5) is 41.6. The molecule has 0 radical (unpaired) electrons. The molecule has 3 aromatic carbocycles. The second-order valence-electron chi connectivity index (χ2n) is 8.42. The van der Waals surface area contributed by atoms with E-state index in [1.807, 2.05) is 61.5 Å². The SMILES string of the molecule is CCCCC(=O)Nc1cccc(SC(C(=O)Nc2nc(-c3cccc([N+](=O)[O-])c3)cs2)c2ccccc2)c1. The zero-order valence-corrected chi connectivity index (χ0v) is 22.3. The number of nitro groups is 1. The van der Waals surface area contributed by atoms with Crippen molar-refractivity contribution in [1.82, 2.24) is 4.98 Å². The fourth-order valence-corrected chi connectivity index (χ4v) is 5.46. The number of unbranched alkanes of at least 4 members (excludes halogenated alkanes) is 1. The number of nitro benzene ring substituents is 1. The van der Waals surface area contributed by atoms with Gasteiger partial charge < -0.3 is 10.6 Å². The maximum absolute atomic E-state index is 13.5. The lowest BCUT2D eigenvalue weighted by Gasteiger charge is -2.17. The monoisotopic (exact) mass is 546 g/mol. The van der Waals surface area contributed by atoms with Crippen LogP contribution in [0.2, 0.25) is 0 Å². The Morgan fingerprint density at radius 1 is 1.03 bits per heavy atom. The van der Waals surface area contributed by atoms with Crippen molar-refractivity contribution in [1.29, 1.82) is 0 Å². The minimum absolute atomic E-state index is 0.0228. The number of nitrogens with one attached hydrogen (secondary N) is 2. The molecule has 4 aromatic rings. The summed E-state index contributed by atoms with van der Waals surface area (Å²) in [6.45, 7) is 2.04. The van der Waals surface area contributed by atoms with Crippen molar-refractivity contribution in [3.63, 3.8) is 0 Å². The highest BCUT2D eigenvalue weighted by Gasteiger charge is 2.23. The number of aromatic nitrogens is 1. The molecule has 0 saturated heterocycles. The molecule has 1 atom stereocenters. The second kappa shape index (κ2) is 13.0. The Kier molecular flexibility index (Phi) is 9.23. The standard InChI is InChI=1S/C28H26N4O4S2/c1-2-3-15-25(33)29-21-12-8-14-23(17-21)38-26(19-9-5-4-6-10-19)27(34)31-28-30-24(18-37-28)20-11-7-13-22(16-20)32(35)36/h4-14,16-18,26H,2-3,15H2,1H3,(H,29,33)(H,30,31,34). The summed E-state index contributed by atoms with van der Waals surface area (Å²) in [5, 5.41) is 18.5. The maximum Gasteiger partial charge on any atom is 0.270 e. The predicted octanol–water partition coefficient (Wildman–Crippen LogP) is 7.32. The molecule has 38 heavy (non-hydrogen) atoms. The number of anilines is 2. The summed E-state index contributed by atoms with van der Waals surface area (Å²) in [5.41, 5.74) is 2.63. The van der Waals surface area contributed by atoms with Crippen LogP contribution in [0.4, 0.5) is 16.5 Å². The van der Waals surface area contributed by atoms with E-state index >= 15 is 0 Å². The topological polar surface area (TPSA) is 114 Å². The van der Waals surface area contributed by atoms with Crippen LogP contribution in [0.25, 0.3) is 11.3 Å². The first-order chi connectivity index (χ1) is 18.4. The van der Waals surface area contributed by atoms with Crippen LogP contribution in [0.15, 0.2) is 89.1 Å². The average molecular weight is 547 g/mol. The van der Waals surface area contributed by atoms with Crippen molar-refractivity contribution in [3.05, 3.63) is 99.9 Å². The molecular formula is C28H26N4O4S2. The van der Waals surface area contributed by atoms with Crippen LogP contribution < -0.4 is 10.6 Å². The van der Waals surface area contributed by atoms with Gasteiger partial charge in [0.2, 0.25) is 11.8 Å². The number of thioether (sulfide) groups is 1. The summed E-state index contributed by atoms with van der Waals surface area (Å²) in [6, 6.07) is 23.1. The van der Waals surface area contributed by atoms with Crippen LogP contribution in [-0.2, 0) is 9.59 Å². The fraction of sp³-hybridized carbons (Fsp3) is 0.179. The average Bonchev–Trinajstić information content (AvgIpc) is 3.39. The maximum atomic E-state index is 13.5. The van der Waals surface area contributed by atoms with E-state index in [0.29, 0.717) is 28.5 Å². The summed E-state index contributed by atoms with van der Waals surface area (Å²) in [6.07, 6.45) is 2.24. The molecular weight excluding hydrogens is 520 g/mol. The molecule has 2 N–H and O–H groups in total. The van der Waals surface area contributed by atoms with E-state index in [2.05, 4.69) is 15.6 Å². The lowest BCUT2D eigenvalue weighted by Crippen LogP contribution is -2.19. The Balaban J connectivity index is 1.51. The van der Waals surface area contributed by atoms with E-state index in [1.165, 1.54) is 35.2 Å². The Labute approximate surface area is 228 Å². The number of non-ortho nitro benzene ring substituents is 1. The molecule has 0 saturated carbocycles. The molecule has 0 fully saturated rings. The van der Waals surface area contributed by atoms with Gasteiger partial charge >= 0.3 is 0 Å². The van der Waals surface area contributed by atoms with Gasteiger partial charge in [0.1, 0.15) is 5.25 Å². The van der Waals surface area contributed by atoms with Gasteiger partial charge in [-0.25, -0.2) is 4.98 Å². The number of amides is 2. The fourth-order valence-electron chi connectivity index (χ4n) is 3.66. The Morgan fingerprint density at radius 2 is 1.82 bits per heavy atom. The number of carbonyl (C=O) groups is 2. The predicted molar refractivity (Wildman–Crippen MR) is 152 cm³/mol. The zero-order valence-electron chi connectivity index (χ0n) is 20.6. The Bertz CT molecular complexity index is 1430. The third-order valence-corrected chi connectivity index (χ3v) is 7.56. The molecule has 1 aromatic heterocycles. The van der Waals surface area contributed by atoms with E-state index in [-0.39, 0.29) is 17.5 Å². The van der Waals surface area contributed by atoms with Gasteiger partial charge in [0, 0.05) is 40.1 Å². The summed E-state index contributed by atoms with van der Waals surface area (Å²) >= 11 is 2.63. The van der Waals surface area contributed by atoms with Crippen LogP contribution in [0.5, 0.6) is 0 Å². The Morgan fingerprint density at radius 3 is 2.58 bits per heavy atom. The molecule has 10 heteroatoms. The van der Waals surface area contributed by atoms with Gasteiger partial charge in [0.15, 0.2) is 5.13 Å². The molecule has 1 heterocycles. The number of nitrogens with zero attached hydrogens (tertiary/aromatic N) is 2. The first kappa shape index (κ1) is 27.0. The number of thiazole rings is 1. The summed E-state index contributed by atoms with van der Waals surface area (Å²) < 4.78 is 0.